The molecule has 25 heavy (non-hydrogen) atoms. The second-order valence-electron chi connectivity index (χ2n) is 5.29. The third kappa shape index (κ3) is 4.17. The van der Waals surface area contributed by atoms with Crippen LogP contribution in [-0.2, 0) is 9.53 Å². The van der Waals surface area contributed by atoms with Gasteiger partial charge in [-0.15, -0.1) is 0 Å². The molecule has 1 heterocycles. The predicted octanol–water partition coefficient (Wildman–Crippen LogP) is 2.90. The van der Waals surface area contributed by atoms with Crippen LogP contribution >= 0.6 is 0 Å². The van der Waals surface area contributed by atoms with Crippen LogP contribution in [0.2, 0.25) is 0 Å². The average Bonchev–Trinajstić information content (AvgIpc) is 2.66. The average molecular weight is 339 g/mol. The summed E-state index contributed by atoms with van der Waals surface area (Å²) in [4.78, 5) is 23.4. The first-order valence-corrected chi connectivity index (χ1v) is 7.73. The van der Waals surface area contributed by atoms with Crippen molar-refractivity contribution in [3.05, 3.63) is 59.7 Å². The van der Waals surface area contributed by atoms with E-state index in [4.69, 9.17) is 9.47 Å². The molecule has 0 unspecified atom stereocenters. The van der Waals surface area contributed by atoms with Crippen LogP contribution < -0.4 is 14.8 Å². The number of ether oxygens (including phenoxy) is 3. The summed E-state index contributed by atoms with van der Waals surface area (Å²) in [7, 11) is 1.33. The highest BCUT2D eigenvalue weighted by Crippen LogP contribution is 2.32. The highest BCUT2D eigenvalue weighted by atomic mass is 16.6. The molecule has 0 aromatic heterocycles. The molecule has 6 nitrogen and oxygen atoms in total. The fourth-order valence-electron chi connectivity index (χ4n) is 2.33. The molecular formula is C19H17NO5. The van der Waals surface area contributed by atoms with Crippen molar-refractivity contribution in [3.63, 3.8) is 0 Å². The lowest BCUT2D eigenvalue weighted by molar-refractivity contribution is -0.111. The van der Waals surface area contributed by atoms with Gasteiger partial charge in [-0.2, -0.15) is 0 Å². The molecule has 1 N–H and O–H groups in total. The van der Waals surface area contributed by atoms with Gasteiger partial charge in [-0.25, -0.2) is 4.79 Å². The number of carbonyl (C=O) groups excluding carboxylic acids is 2. The van der Waals surface area contributed by atoms with E-state index in [0.29, 0.717) is 36.0 Å². The number of methoxy groups -OCH3 is 1. The van der Waals surface area contributed by atoms with Crippen molar-refractivity contribution in [2.45, 2.75) is 0 Å². The third-order valence-electron chi connectivity index (χ3n) is 3.57. The summed E-state index contributed by atoms with van der Waals surface area (Å²) < 4.78 is 15.6. The van der Waals surface area contributed by atoms with Crippen LogP contribution in [0.1, 0.15) is 15.9 Å². The van der Waals surface area contributed by atoms with Crippen molar-refractivity contribution < 1.29 is 23.8 Å². The van der Waals surface area contributed by atoms with Crippen LogP contribution in [0.25, 0.3) is 6.08 Å². The Morgan fingerprint density at radius 1 is 1.04 bits per heavy atom. The molecule has 1 aliphatic heterocycles. The molecule has 0 saturated carbocycles. The number of esters is 1. The quantitative estimate of drug-likeness (QED) is 0.685. The molecule has 1 amide bonds. The highest BCUT2D eigenvalue weighted by Gasteiger charge is 2.12. The van der Waals surface area contributed by atoms with Crippen molar-refractivity contribution in [2.75, 3.05) is 25.6 Å². The molecule has 6 heteroatoms. The van der Waals surface area contributed by atoms with E-state index < -0.39 is 5.97 Å². The standard InChI is InChI=1S/C19H17NO5/c1-23-19(22)14-5-2-13(3-6-14)4-9-18(21)20-15-7-8-16-17(12-15)25-11-10-24-16/h2-9,12H,10-11H2,1H3,(H,20,21)/b9-4+. The van der Waals surface area contributed by atoms with Crippen LogP contribution in [0, 0.1) is 0 Å². The molecule has 0 bridgehead atoms. The Morgan fingerprint density at radius 3 is 2.48 bits per heavy atom. The summed E-state index contributed by atoms with van der Waals surface area (Å²) in [5, 5.41) is 2.77. The van der Waals surface area contributed by atoms with Gasteiger partial charge >= 0.3 is 5.97 Å². The molecule has 2 aromatic carbocycles. The summed E-state index contributed by atoms with van der Waals surface area (Å²) in [6, 6.07) is 12.0. The van der Waals surface area contributed by atoms with E-state index in [1.165, 1.54) is 13.2 Å². The number of nitrogens with one attached hydrogen (secondary N) is 1. The minimum Gasteiger partial charge on any atom is -0.486 e. The lowest BCUT2D eigenvalue weighted by Gasteiger charge is -2.18. The molecule has 0 fully saturated rings. The first kappa shape index (κ1) is 16.6. The SMILES string of the molecule is COC(=O)c1ccc(/C=C/C(=O)Nc2ccc3c(c2)OCCO3)cc1. The molecule has 0 atom stereocenters. The van der Waals surface area contributed by atoms with E-state index in [9.17, 15) is 9.59 Å². The lowest BCUT2D eigenvalue weighted by atomic mass is 10.1. The summed E-state index contributed by atoms with van der Waals surface area (Å²) >= 11 is 0. The smallest absolute Gasteiger partial charge is 0.337 e. The Labute approximate surface area is 145 Å². The number of fused-ring (bicyclic) bond motifs is 1. The van der Waals surface area contributed by atoms with E-state index in [1.807, 2.05) is 0 Å². The molecule has 3 rings (SSSR count). The molecular weight excluding hydrogens is 322 g/mol. The van der Waals surface area contributed by atoms with Gasteiger partial charge in [0.2, 0.25) is 5.91 Å². The summed E-state index contributed by atoms with van der Waals surface area (Å²) in [6.07, 6.45) is 3.08. The maximum Gasteiger partial charge on any atom is 0.337 e. The number of rotatable bonds is 4. The minimum atomic E-state index is -0.396. The second-order valence-corrected chi connectivity index (χ2v) is 5.29. The Bertz CT molecular complexity index is 811. The Balaban J connectivity index is 1.62. The van der Waals surface area contributed by atoms with Gasteiger partial charge in [0, 0.05) is 17.8 Å². The molecule has 0 saturated heterocycles. The number of amides is 1. The van der Waals surface area contributed by atoms with E-state index >= 15 is 0 Å². The van der Waals surface area contributed by atoms with Crippen molar-refractivity contribution in [1.82, 2.24) is 0 Å². The lowest BCUT2D eigenvalue weighted by Crippen LogP contribution is -2.16. The Hall–Kier alpha value is -3.28. The van der Waals surface area contributed by atoms with E-state index in [-0.39, 0.29) is 5.91 Å². The van der Waals surface area contributed by atoms with Crippen molar-refractivity contribution >= 4 is 23.6 Å². The number of carbonyl (C=O) groups is 2. The van der Waals surface area contributed by atoms with E-state index in [2.05, 4.69) is 10.1 Å². The molecule has 0 radical (unpaired) electrons. The number of hydrogen-bond donors (Lipinski definition) is 1. The summed E-state index contributed by atoms with van der Waals surface area (Å²) in [5.74, 6) is 0.623. The first-order chi connectivity index (χ1) is 12.2. The highest BCUT2D eigenvalue weighted by molar-refractivity contribution is 6.02. The van der Waals surface area contributed by atoms with Gasteiger partial charge in [0.25, 0.3) is 0 Å². The van der Waals surface area contributed by atoms with Gasteiger partial charge in [0.1, 0.15) is 13.2 Å². The second kappa shape index (κ2) is 7.53. The van der Waals surface area contributed by atoms with Crippen molar-refractivity contribution in [1.29, 1.82) is 0 Å². The zero-order valence-electron chi connectivity index (χ0n) is 13.7. The van der Waals surface area contributed by atoms with Gasteiger partial charge in [-0.1, -0.05) is 12.1 Å². The number of hydrogen-bond acceptors (Lipinski definition) is 5. The van der Waals surface area contributed by atoms with E-state index in [1.54, 1.807) is 48.5 Å². The third-order valence-corrected chi connectivity index (χ3v) is 3.57. The fraction of sp³-hybridized carbons (Fsp3) is 0.158. The van der Waals surface area contributed by atoms with Crippen LogP contribution in [0.4, 0.5) is 5.69 Å². The topological polar surface area (TPSA) is 73.9 Å². The van der Waals surface area contributed by atoms with Crippen molar-refractivity contribution in [2.24, 2.45) is 0 Å². The van der Waals surface area contributed by atoms with Crippen LogP contribution in [0.3, 0.4) is 0 Å². The molecule has 2 aromatic rings. The van der Waals surface area contributed by atoms with Gasteiger partial charge < -0.3 is 19.5 Å². The maximum absolute atomic E-state index is 12.0. The first-order valence-electron chi connectivity index (χ1n) is 7.73. The summed E-state index contributed by atoms with van der Waals surface area (Å²) in [6.45, 7) is 1.02. The van der Waals surface area contributed by atoms with Crippen LogP contribution in [0.5, 0.6) is 11.5 Å². The molecule has 1 aliphatic rings. The largest absolute Gasteiger partial charge is 0.486 e. The Morgan fingerprint density at radius 2 is 1.76 bits per heavy atom. The fourth-order valence-corrected chi connectivity index (χ4v) is 2.33. The Kier molecular flexibility index (Phi) is 4.99. The van der Waals surface area contributed by atoms with Crippen LogP contribution in [-0.4, -0.2) is 32.2 Å². The number of anilines is 1. The van der Waals surface area contributed by atoms with Gasteiger partial charge in [0.05, 0.1) is 12.7 Å². The summed E-state index contributed by atoms with van der Waals surface area (Å²) in [5.41, 5.74) is 1.88. The monoisotopic (exact) mass is 339 g/mol. The molecule has 0 aliphatic carbocycles. The minimum absolute atomic E-state index is 0.270. The van der Waals surface area contributed by atoms with Gasteiger partial charge in [0.15, 0.2) is 11.5 Å². The maximum atomic E-state index is 12.0. The molecule has 0 spiro atoms. The zero-order chi connectivity index (χ0) is 17.6. The van der Waals surface area contributed by atoms with Gasteiger partial charge in [-0.05, 0) is 35.9 Å². The van der Waals surface area contributed by atoms with E-state index in [0.717, 1.165) is 5.56 Å². The van der Waals surface area contributed by atoms with Crippen LogP contribution in [0.15, 0.2) is 48.5 Å². The predicted molar refractivity (Wildman–Crippen MR) is 92.9 cm³/mol. The normalized spacial score (nSPS) is 12.7. The van der Waals surface area contributed by atoms with Crippen molar-refractivity contribution in [3.8, 4) is 11.5 Å². The zero-order valence-corrected chi connectivity index (χ0v) is 13.7. The molecule has 128 valence electrons. The number of benzene rings is 2. The van der Waals surface area contributed by atoms with Gasteiger partial charge in [-0.3, -0.25) is 4.79 Å².